The maximum Gasteiger partial charge on any atom is 0.253 e. The highest BCUT2D eigenvalue weighted by Gasteiger charge is 2.24. The number of pyridine rings is 1. The zero-order valence-electron chi connectivity index (χ0n) is 14.5. The van der Waals surface area contributed by atoms with Crippen LogP contribution in [0.3, 0.4) is 0 Å². The van der Waals surface area contributed by atoms with Gasteiger partial charge in [0.25, 0.3) is 5.91 Å². The molecule has 1 fully saturated rings. The third-order valence-electron chi connectivity index (χ3n) is 4.09. The van der Waals surface area contributed by atoms with E-state index in [1.165, 1.54) is 0 Å². The lowest BCUT2D eigenvalue weighted by Crippen LogP contribution is -2.49. The lowest BCUT2D eigenvalue weighted by molar-refractivity contribution is 0.0746. The number of amides is 1. The molecule has 3 rings (SSSR count). The molecule has 0 spiro atoms. The Morgan fingerprint density at radius 3 is 2.30 bits per heavy atom. The van der Waals surface area contributed by atoms with Gasteiger partial charge in [-0.1, -0.05) is 23.2 Å². The first-order valence-electron chi connectivity index (χ1n) is 8.16. The fraction of sp³-hybridized carbons (Fsp3) is 0.294. The highest BCUT2D eigenvalue weighted by Crippen LogP contribution is 2.27. The van der Waals surface area contributed by atoms with Gasteiger partial charge in [0, 0.05) is 43.6 Å². The van der Waals surface area contributed by atoms with E-state index in [0.717, 1.165) is 6.26 Å². The van der Waals surface area contributed by atoms with Crippen LogP contribution in [0.4, 0.5) is 11.5 Å². The summed E-state index contributed by atoms with van der Waals surface area (Å²) in [5, 5.41) is 0.961. The fourth-order valence-corrected chi connectivity index (χ4v) is 3.90. The van der Waals surface area contributed by atoms with Crippen molar-refractivity contribution in [2.45, 2.75) is 0 Å². The molecule has 1 saturated heterocycles. The van der Waals surface area contributed by atoms with E-state index in [4.69, 9.17) is 23.2 Å². The van der Waals surface area contributed by atoms with Gasteiger partial charge in [0.2, 0.25) is 10.0 Å². The van der Waals surface area contributed by atoms with Crippen LogP contribution in [0, 0.1) is 0 Å². The van der Waals surface area contributed by atoms with Crippen molar-refractivity contribution in [2.75, 3.05) is 42.1 Å². The lowest BCUT2D eigenvalue weighted by Gasteiger charge is -2.35. The van der Waals surface area contributed by atoms with Crippen molar-refractivity contribution < 1.29 is 13.2 Å². The summed E-state index contributed by atoms with van der Waals surface area (Å²) in [7, 11) is -3.35. The summed E-state index contributed by atoms with van der Waals surface area (Å²) in [5.41, 5.74) is 0.924. The number of nitrogens with zero attached hydrogens (tertiary/aromatic N) is 3. The number of sulfonamides is 1. The van der Waals surface area contributed by atoms with Crippen molar-refractivity contribution in [1.29, 1.82) is 0 Å². The molecule has 0 saturated carbocycles. The summed E-state index contributed by atoms with van der Waals surface area (Å²) in [6.07, 6.45) is 2.62. The summed E-state index contributed by atoms with van der Waals surface area (Å²) in [4.78, 5) is 20.7. The molecule has 1 aliphatic rings. The van der Waals surface area contributed by atoms with Crippen molar-refractivity contribution in [2.24, 2.45) is 0 Å². The summed E-state index contributed by atoms with van der Waals surface area (Å²) in [6.45, 7) is 2.27. The molecule has 2 heterocycles. The van der Waals surface area contributed by atoms with Gasteiger partial charge in [0.15, 0.2) is 0 Å². The monoisotopic (exact) mass is 428 g/mol. The molecule has 0 aliphatic carbocycles. The highest BCUT2D eigenvalue weighted by molar-refractivity contribution is 7.92. The van der Waals surface area contributed by atoms with Gasteiger partial charge in [0.1, 0.15) is 5.82 Å². The van der Waals surface area contributed by atoms with Crippen molar-refractivity contribution >= 4 is 50.6 Å². The first-order valence-corrected chi connectivity index (χ1v) is 10.8. The number of carbonyl (C=O) groups excluding carboxylic acids is 1. The number of halogens is 2. The first-order chi connectivity index (χ1) is 12.7. The molecule has 0 radical (unpaired) electrons. The lowest BCUT2D eigenvalue weighted by atomic mass is 10.1. The minimum absolute atomic E-state index is 0.101. The molecule has 0 atom stereocenters. The number of benzene rings is 1. The predicted molar refractivity (Wildman–Crippen MR) is 107 cm³/mol. The van der Waals surface area contributed by atoms with Gasteiger partial charge in [0.05, 0.1) is 16.3 Å². The maximum atomic E-state index is 12.7. The fourth-order valence-electron chi connectivity index (χ4n) is 2.84. The van der Waals surface area contributed by atoms with Crippen LogP contribution in [0.1, 0.15) is 10.4 Å². The van der Waals surface area contributed by atoms with Gasteiger partial charge in [-0.2, -0.15) is 0 Å². The highest BCUT2D eigenvalue weighted by atomic mass is 35.5. The quantitative estimate of drug-likeness (QED) is 0.808. The SMILES string of the molecule is CS(=O)(=O)Nc1ccc(C(=O)N2CCN(c3ncc(Cl)cc3Cl)CC2)cc1. The van der Waals surface area contributed by atoms with Crippen LogP contribution >= 0.6 is 23.2 Å². The summed E-state index contributed by atoms with van der Waals surface area (Å²) in [6, 6.07) is 8.01. The van der Waals surface area contributed by atoms with E-state index >= 15 is 0 Å². The van der Waals surface area contributed by atoms with E-state index < -0.39 is 10.0 Å². The van der Waals surface area contributed by atoms with Crippen LogP contribution in [-0.2, 0) is 10.0 Å². The van der Waals surface area contributed by atoms with Gasteiger partial charge in [-0.05, 0) is 30.3 Å². The van der Waals surface area contributed by atoms with Gasteiger partial charge in [-0.3, -0.25) is 9.52 Å². The van der Waals surface area contributed by atoms with Crippen molar-refractivity contribution in [3.05, 3.63) is 52.1 Å². The van der Waals surface area contributed by atoms with Gasteiger partial charge in [-0.25, -0.2) is 13.4 Å². The van der Waals surface area contributed by atoms with Crippen LogP contribution in [0.15, 0.2) is 36.5 Å². The number of piperazine rings is 1. The third kappa shape index (κ3) is 5.03. The number of rotatable bonds is 4. The Labute approximate surface area is 167 Å². The van der Waals surface area contributed by atoms with Gasteiger partial charge in [-0.15, -0.1) is 0 Å². The smallest absolute Gasteiger partial charge is 0.253 e. The Morgan fingerprint density at radius 2 is 1.74 bits per heavy atom. The normalized spacial score (nSPS) is 14.9. The average molecular weight is 429 g/mol. The number of nitrogens with one attached hydrogen (secondary N) is 1. The summed E-state index contributed by atoms with van der Waals surface area (Å²) < 4.78 is 24.9. The molecule has 1 aliphatic heterocycles. The first kappa shape index (κ1) is 19.7. The van der Waals surface area contributed by atoms with Crippen molar-refractivity contribution in [3.63, 3.8) is 0 Å². The standard InChI is InChI=1S/C17H18Cl2N4O3S/c1-27(25,26)21-14-4-2-12(3-5-14)17(24)23-8-6-22(7-9-23)16-15(19)10-13(18)11-20-16/h2-5,10-11,21H,6-9H2,1H3. The second-order valence-electron chi connectivity index (χ2n) is 6.19. The molecule has 1 aromatic carbocycles. The Morgan fingerprint density at radius 1 is 1.11 bits per heavy atom. The van der Waals surface area contributed by atoms with Gasteiger partial charge < -0.3 is 9.80 Å². The Kier molecular flexibility index (Phi) is 5.78. The number of aromatic nitrogens is 1. The number of carbonyl (C=O) groups is 1. The number of anilines is 2. The van der Waals surface area contributed by atoms with Crippen molar-refractivity contribution in [1.82, 2.24) is 9.88 Å². The van der Waals surface area contributed by atoms with Crippen LogP contribution in [0.25, 0.3) is 0 Å². The molecule has 144 valence electrons. The summed E-state index contributed by atoms with van der Waals surface area (Å²) >= 11 is 12.1. The molecular weight excluding hydrogens is 411 g/mol. The van der Waals surface area contributed by atoms with Crippen LogP contribution in [-0.4, -0.2) is 56.6 Å². The Bertz CT molecular complexity index is 943. The van der Waals surface area contributed by atoms with E-state index in [0.29, 0.717) is 53.3 Å². The van der Waals surface area contributed by atoms with E-state index in [2.05, 4.69) is 9.71 Å². The molecule has 2 aromatic rings. The molecular formula is C17H18Cl2N4O3S. The molecule has 0 bridgehead atoms. The average Bonchev–Trinajstić information content (AvgIpc) is 2.61. The second-order valence-corrected chi connectivity index (χ2v) is 8.78. The molecule has 27 heavy (non-hydrogen) atoms. The largest absolute Gasteiger partial charge is 0.352 e. The minimum atomic E-state index is -3.35. The zero-order chi connectivity index (χ0) is 19.6. The van der Waals surface area contributed by atoms with Crippen molar-refractivity contribution in [3.8, 4) is 0 Å². The molecule has 1 N–H and O–H groups in total. The van der Waals surface area contributed by atoms with E-state index in [-0.39, 0.29) is 5.91 Å². The molecule has 10 heteroatoms. The Balaban J connectivity index is 1.63. The maximum absolute atomic E-state index is 12.7. The van der Waals surface area contributed by atoms with Crippen LogP contribution in [0.2, 0.25) is 10.0 Å². The third-order valence-corrected chi connectivity index (χ3v) is 5.18. The van der Waals surface area contributed by atoms with Crippen LogP contribution < -0.4 is 9.62 Å². The van der Waals surface area contributed by atoms with E-state index in [1.54, 1.807) is 41.4 Å². The topological polar surface area (TPSA) is 82.6 Å². The number of hydrogen-bond acceptors (Lipinski definition) is 5. The van der Waals surface area contributed by atoms with Gasteiger partial charge >= 0.3 is 0 Å². The molecule has 1 amide bonds. The van der Waals surface area contributed by atoms with Crippen LogP contribution in [0.5, 0.6) is 0 Å². The number of hydrogen-bond donors (Lipinski definition) is 1. The predicted octanol–water partition coefficient (Wildman–Crippen LogP) is 2.72. The van der Waals surface area contributed by atoms with E-state index in [1.807, 2.05) is 4.90 Å². The molecule has 7 nitrogen and oxygen atoms in total. The zero-order valence-corrected chi connectivity index (χ0v) is 16.9. The molecule has 0 unspecified atom stereocenters. The second kappa shape index (κ2) is 7.92. The Hall–Kier alpha value is -2.03. The summed E-state index contributed by atoms with van der Waals surface area (Å²) in [5.74, 6) is 0.556. The molecule has 1 aromatic heterocycles. The minimum Gasteiger partial charge on any atom is -0.352 e. The van der Waals surface area contributed by atoms with E-state index in [9.17, 15) is 13.2 Å².